The number of hydrogen-bond acceptors (Lipinski definition) is 7. The first-order valence-corrected chi connectivity index (χ1v) is 14.5. The molecule has 0 radical (unpaired) electrons. The highest BCUT2D eigenvalue weighted by Gasteiger charge is 2.31. The Labute approximate surface area is 237 Å². The Balaban J connectivity index is 2.10. The zero-order chi connectivity index (χ0) is 29.5. The molecule has 4 N–H and O–H groups in total. The Morgan fingerprint density at radius 3 is 2.30 bits per heavy atom. The van der Waals surface area contributed by atoms with E-state index in [4.69, 9.17) is 10.5 Å². The molecule has 1 aromatic rings. The van der Waals surface area contributed by atoms with Gasteiger partial charge in [0.15, 0.2) is 5.78 Å². The molecule has 0 spiro atoms. The summed E-state index contributed by atoms with van der Waals surface area (Å²) in [5.41, 5.74) is 5.95. The number of rotatable bonds is 18. The second-order valence-electron chi connectivity index (χ2n) is 10.7. The molecule has 3 amide bonds. The molecule has 1 aliphatic rings. The third-order valence-corrected chi connectivity index (χ3v) is 7.40. The number of nitrogens with two attached hydrogens (primary N) is 1. The lowest BCUT2D eigenvalue weighted by molar-refractivity contribution is -0.135. The minimum atomic E-state index is -0.826. The van der Waals surface area contributed by atoms with Gasteiger partial charge in [-0.2, -0.15) is 0 Å². The molecular weight excluding hydrogens is 512 g/mol. The molecule has 3 atom stereocenters. The number of esters is 1. The van der Waals surface area contributed by atoms with Gasteiger partial charge in [-0.3, -0.25) is 28.9 Å². The maximum absolute atomic E-state index is 13.5. The van der Waals surface area contributed by atoms with Gasteiger partial charge in [-0.15, -0.1) is 0 Å². The highest BCUT2D eigenvalue weighted by Crippen LogP contribution is 2.22. The highest BCUT2D eigenvalue weighted by molar-refractivity contribution is 5.93. The molecule has 0 aromatic heterocycles. The number of ether oxygens (including phenoxy) is 1. The van der Waals surface area contributed by atoms with E-state index < -0.39 is 23.8 Å². The SMILES string of the molecule is CCCCCC(=O)NC(Cc1ccc(OC(=O)CN2CCCC2)cc1)C(=O)CC(C(=O)NCC(N)=O)C(C)CC. The van der Waals surface area contributed by atoms with E-state index in [1.807, 2.05) is 13.8 Å². The van der Waals surface area contributed by atoms with Gasteiger partial charge >= 0.3 is 5.97 Å². The molecular formula is C30H46N4O6. The van der Waals surface area contributed by atoms with Gasteiger partial charge < -0.3 is 21.1 Å². The molecule has 10 heteroatoms. The van der Waals surface area contributed by atoms with Crippen molar-refractivity contribution in [3.63, 3.8) is 0 Å². The van der Waals surface area contributed by atoms with Gasteiger partial charge in [0, 0.05) is 18.8 Å². The van der Waals surface area contributed by atoms with Gasteiger partial charge in [-0.25, -0.2) is 0 Å². The van der Waals surface area contributed by atoms with Crippen molar-refractivity contribution in [3.05, 3.63) is 29.8 Å². The van der Waals surface area contributed by atoms with Crippen LogP contribution >= 0.6 is 0 Å². The number of Topliss-reactive ketones (excluding diaryl/α,β-unsaturated/α-hetero) is 1. The molecule has 222 valence electrons. The second-order valence-corrected chi connectivity index (χ2v) is 10.7. The van der Waals surface area contributed by atoms with E-state index in [0.717, 1.165) is 50.8 Å². The zero-order valence-electron chi connectivity index (χ0n) is 24.2. The van der Waals surface area contributed by atoms with E-state index in [9.17, 15) is 24.0 Å². The average molecular weight is 559 g/mol. The molecule has 40 heavy (non-hydrogen) atoms. The number of benzene rings is 1. The summed E-state index contributed by atoms with van der Waals surface area (Å²) in [6, 6.07) is 6.08. The van der Waals surface area contributed by atoms with Gasteiger partial charge in [-0.1, -0.05) is 52.2 Å². The monoisotopic (exact) mass is 558 g/mol. The van der Waals surface area contributed by atoms with Crippen LogP contribution in [0.1, 0.15) is 77.7 Å². The van der Waals surface area contributed by atoms with Crippen molar-refractivity contribution >= 4 is 29.5 Å². The Kier molecular flexibility index (Phi) is 14.4. The third-order valence-electron chi connectivity index (χ3n) is 7.40. The standard InChI is InChI=1S/C30H46N4O6/c1-4-6-7-10-28(37)33-25(26(35)18-24(21(3)5-2)30(39)32-19-27(31)36)17-22-11-13-23(14-12-22)40-29(38)20-34-15-8-9-16-34/h11-14,21,24-25H,4-10,15-20H2,1-3H3,(H2,31,36)(H,32,39)(H,33,37). The molecule has 1 saturated heterocycles. The summed E-state index contributed by atoms with van der Waals surface area (Å²) in [6.45, 7) is 7.62. The van der Waals surface area contributed by atoms with Gasteiger partial charge in [0.25, 0.3) is 0 Å². The summed E-state index contributed by atoms with van der Waals surface area (Å²) in [7, 11) is 0. The molecule has 1 fully saturated rings. The topological polar surface area (TPSA) is 148 Å². The van der Waals surface area contributed by atoms with Gasteiger partial charge in [0.2, 0.25) is 17.7 Å². The van der Waals surface area contributed by atoms with Crippen molar-refractivity contribution in [2.24, 2.45) is 17.6 Å². The van der Waals surface area contributed by atoms with Crippen LogP contribution in [0.25, 0.3) is 0 Å². The fraction of sp³-hybridized carbons (Fsp3) is 0.633. The minimum absolute atomic E-state index is 0.0777. The molecule has 2 rings (SSSR count). The number of amides is 3. The Morgan fingerprint density at radius 2 is 1.70 bits per heavy atom. The molecule has 0 bridgehead atoms. The predicted octanol–water partition coefficient (Wildman–Crippen LogP) is 2.52. The summed E-state index contributed by atoms with van der Waals surface area (Å²) >= 11 is 0. The van der Waals surface area contributed by atoms with Gasteiger partial charge in [-0.05, 0) is 62.4 Å². The van der Waals surface area contributed by atoms with Crippen LogP contribution in [-0.2, 0) is 30.4 Å². The summed E-state index contributed by atoms with van der Waals surface area (Å²) in [4.78, 5) is 64.4. The van der Waals surface area contributed by atoms with E-state index >= 15 is 0 Å². The van der Waals surface area contributed by atoms with Crippen molar-refractivity contribution in [1.82, 2.24) is 15.5 Å². The summed E-state index contributed by atoms with van der Waals surface area (Å²) in [5, 5.41) is 5.39. The van der Waals surface area contributed by atoms with E-state index in [1.54, 1.807) is 24.3 Å². The lowest BCUT2D eigenvalue weighted by Gasteiger charge is -2.25. The van der Waals surface area contributed by atoms with Crippen LogP contribution in [0, 0.1) is 11.8 Å². The largest absolute Gasteiger partial charge is 0.426 e. The van der Waals surface area contributed by atoms with Gasteiger partial charge in [0.05, 0.1) is 19.1 Å². The normalized spacial score (nSPS) is 15.6. The lowest BCUT2D eigenvalue weighted by atomic mass is 9.84. The number of ketones is 1. The van der Waals surface area contributed by atoms with Crippen molar-refractivity contribution in [2.45, 2.75) is 84.6 Å². The average Bonchev–Trinajstić information content (AvgIpc) is 3.43. The second kappa shape index (κ2) is 17.4. The predicted molar refractivity (Wildman–Crippen MR) is 152 cm³/mol. The number of nitrogens with zero attached hydrogens (tertiary/aromatic N) is 1. The quantitative estimate of drug-likeness (QED) is 0.142. The fourth-order valence-corrected chi connectivity index (χ4v) is 4.76. The van der Waals surface area contributed by atoms with Crippen LogP contribution in [0.2, 0.25) is 0 Å². The van der Waals surface area contributed by atoms with E-state index in [0.29, 0.717) is 18.6 Å². The Hall–Kier alpha value is -3.27. The van der Waals surface area contributed by atoms with Crippen LogP contribution in [0.5, 0.6) is 5.75 Å². The Morgan fingerprint density at radius 1 is 1.02 bits per heavy atom. The molecule has 0 aliphatic carbocycles. The van der Waals surface area contributed by atoms with Crippen LogP contribution in [0.4, 0.5) is 0 Å². The smallest absolute Gasteiger partial charge is 0.325 e. The number of carbonyl (C=O) groups excluding carboxylic acids is 5. The molecule has 10 nitrogen and oxygen atoms in total. The molecule has 1 aromatic carbocycles. The van der Waals surface area contributed by atoms with Crippen molar-refractivity contribution < 1.29 is 28.7 Å². The van der Waals surface area contributed by atoms with Crippen LogP contribution < -0.4 is 21.1 Å². The number of nitrogens with one attached hydrogen (secondary N) is 2. The maximum atomic E-state index is 13.5. The maximum Gasteiger partial charge on any atom is 0.325 e. The first kappa shape index (κ1) is 32.9. The molecule has 3 unspecified atom stereocenters. The number of unbranched alkanes of at least 4 members (excludes halogenated alkanes) is 2. The lowest BCUT2D eigenvalue weighted by Crippen LogP contribution is -2.45. The summed E-state index contributed by atoms with van der Waals surface area (Å²) < 4.78 is 5.47. The Bertz CT molecular complexity index is 990. The van der Waals surface area contributed by atoms with E-state index in [1.165, 1.54) is 0 Å². The third kappa shape index (κ3) is 11.9. The molecule has 0 saturated carbocycles. The first-order valence-electron chi connectivity index (χ1n) is 14.5. The van der Waals surface area contributed by atoms with E-state index in [-0.39, 0.29) is 49.5 Å². The van der Waals surface area contributed by atoms with E-state index in [2.05, 4.69) is 22.5 Å². The highest BCUT2D eigenvalue weighted by atomic mass is 16.5. The number of carbonyl (C=O) groups is 5. The fourth-order valence-electron chi connectivity index (χ4n) is 4.76. The number of primary amides is 1. The number of likely N-dealkylation sites (tertiary alicyclic amines) is 1. The molecule has 1 heterocycles. The first-order chi connectivity index (χ1) is 19.1. The van der Waals surface area contributed by atoms with Gasteiger partial charge in [0.1, 0.15) is 5.75 Å². The number of hydrogen-bond donors (Lipinski definition) is 3. The van der Waals surface area contributed by atoms with Crippen LogP contribution in [0.15, 0.2) is 24.3 Å². The zero-order valence-corrected chi connectivity index (χ0v) is 24.2. The van der Waals surface area contributed by atoms with Crippen LogP contribution in [-0.4, -0.2) is 66.6 Å². The van der Waals surface area contributed by atoms with Crippen LogP contribution in [0.3, 0.4) is 0 Å². The van der Waals surface area contributed by atoms with Crippen molar-refractivity contribution in [1.29, 1.82) is 0 Å². The van der Waals surface area contributed by atoms with Crippen molar-refractivity contribution in [2.75, 3.05) is 26.2 Å². The van der Waals surface area contributed by atoms with Crippen molar-refractivity contribution in [3.8, 4) is 5.75 Å². The minimum Gasteiger partial charge on any atom is -0.426 e. The summed E-state index contributed by atoms with van der Waals surface area (Å²) in [6.07, 6.45) is 5.93. The molecule has 1 aliphatic heterocycles. The summed E-state index contributed by atoms with van der Waals surface area (Å²) in [5.74, 6) is -2.21.